The van der Waals surface area contributed by atoms with Crippen molar-refractivity contribution in [1.82, 2.24) is 13.7 Å². The lowest BCUT2D eigenvalue weighted by atomic mass is 9.94. The van der Waals surface area contributed by atoms with Crippen LogP contribution in [0.5, 0.6) is 0 Å². The molecule has 3 aliphatic rings. The molecule has 0 radical (unpaired) electrons. The fourth-order valence-electron chi connectivity index (χ4n) is 23.5. The highest BCUT2D eigenvalue weighted by Crippen LogP contribution is 2.56. The van der Waals surface area contributed by atoms with Gasteiger partial charge in [0.2, 0.25) is 0 Å². The average Bonchev–Trinajstić information content (AvgIpc) is 1.54. The van der Waals surface area contributed by atoms with Gasteiger partial charge in [0, 0.05) is 110 Å². The molecule has 0 bridgehead atoms. The molecule has 0 fully saturated rings. The Hall–Kier alpha value is -16.3. The van der Waals surface area contributed by atoms with Crippen molar-refractivity contribution in [3.05, 3.63) is 431 Å². The van der Waals surface area contributed by atoms with Crippen molar-refractivity contribution < 1.29 is 0 Å². The van der Waals surface area contributed by atoms with Gasteiger partial charge in [-0.3, -0.25) is 0 Å². The minimum absolute atomic E-state index is 1.18. The third kappa shape index (κ3) is 10.3. The van der Waals surface area contributed by atoms with E-state index < -0.39 is 0 Å². The molecule has 0 unspecified atom stereocenters. The van der Waals surface area contributed by atoms with Gasteiger partial charge in [0.25, 0.3) is 0 Å². The Morgan fingerprint density at radius 3 is 0.879 bits per heavy atom. The summed E-state index contributed by atoms with van der Waals surface area (Å²) in [6, 6.07) is 160. The molecule has 608 valence electrons. The van der Waals surface area contributed by atoms with Crippen LogP contribution in [0.1, 0.15) is 0 Å². The third-order valence-corrected chi connectivity index (χ3v) is 32.6. The van der Waals surface area contributed by atoms with Gasteiger partial charge in [-0.15, -0.1) is 34.0 Å². The Balaban J connectivity index is 0.0000000953. The van der Waals surface area contributed by atoms with Gasteiger partial charge in [-0.25, -0.2) is 0 Å². The summed E-state index contributed by atoms with van der Waals surface area (Å²) < 4.78 is 15.5. The molecule has 132 heavy (non-hydrogen) atoms. The highest BCUT2D eigenvalue weighted by Gasteiger charge is 2.30. The first kappa shape index (κ1) is 72.7. The van der Waals surface area contributed by atoms with Crippen molar-refractivity contribution in [3.8, 4) is 106 Å². The molecule has 29 aromatic rings. The second-order valence-electron chi connectivity index (χ2n) is 35.8. The van der Waals surface area contributed by atoms with Gasteiger partial charge in [0.1, 0.15) is 0 Å². The molecular weight excluding hydrogens is 1650 g/mol. The second-order valence-corrected chi connectivity index (χ2v) is 39.1. The van der Waals surface area contributed by atoms with Crippen LogP contribution in [-0.4, -0.2) is 13.7 Å². The maximum absolute atomic E-state index is 2.52. The lowest BCUT2D eigenvalue weighted by Crippen LogP contribution is -1.95. The molecule has 0 saturated carbocycles. The number of hydrogen-bond acceptors (Lipinski definition) is 3. The first-order valence-electron chi connectivity index (χ1n) is 45.5. The lowest BCUT2D eigenvalue weighted by molar-refractivity contribution is 1.18. The smallest absolute Gasteiger partial charge is 0.0556 e. The van der Waals surface area contributed by atoms with Crippen molar-refractivity contribution in [3.63, 3.8) is 0 Å². The molecule has 0 spiro atoms. The number of thiophene rings is 3. The maximum atomic E-state index is 2.52. The van der Waals surface area contributed by atoms with Crippen LogP contribution < -0.4 is 0 Å². The summed E-state index contributed by atoms with van der Waals surface area (Å²) in [7, 11) is 0. The van der Waals surface area contributed by atoms with Crippen molar-refractivity contribution in [2.75, 3.05) is 0 Å². The van der Waals surface area contributed by atoms with Crippen molar-refractivity contribution in [2.45, 2.75) is 0 Å². The summed E-state index contributed by atoms with van der Waals surface area (Å²) in [5.41, 5.74) is 32.1. The first-order chi connectivity index (χ1) is 65.5. The summed E-state index contributed by atoms with van der Waals surface area (Å²) >= 11 is 5.66. The molecule has 0 saturated heterocycles. The summed E-state index contributed by atoms with van der Waals surface area (Å²) in [6.45, 7) is 0. The van der Waals surface area contributed by atoms with Gasteiger partial charge in [-0.05, 0) is 251 Å². The number of benzene rings is 23. The molecular formula is C126H71N3S3. The molecule has 3 aliphatic carbocycles. The number of hydrogen-bond donors (Lipinski definition) is 0. The zero-order valence-electron chi connectivity index (χ0n) is 71.1. The average molecular weight is 1720 g/mol. The topological polar surface area (TPSA) is 14.8 Å². The van der Waals surface area contributed by atoms with E-state index in [0.29, 0.717) is 0 Å². The number of nitrogens with zero attached hydrogens (tertiary/aromatic N) is 3. The van der Waals surface area contributed by atoms with Gasteiger partial charge < -0.3 is 13.7 Å². The Morgan fingerprint density at radius 2 is 0.447 bits per heavy atom. The number of fused-ring (bicyclic) bond motifs is 33. The molecule has 0 amide bonds. The summed E-state index contributed by atoms with van der Waals surface area (Å²) in [5.74, 6) is 0. The number of aromatic nitrogens is 3. The molecule has 0 aliphatic heterocycles. The van der Waals surface area contributed by atoms with Crippen molar-refractivity contribution in [1.29, 1.82) is 0 Å². The van der Waals surface area contributed by atoms with Crippen molar-refractivity contribution >= 4 is 225 Å². The third-order valence-electron chi connectivity index (χ3n) is 29.2. The Morgan fingerprint density at radius 1 is 0.136 bits per heavy atom. The van der Waals surface area contributed by atoms with E-state index in [2.05, 4.69) is 444 Å². The monoisotopic (exact) mass is 1720 g/mol. The summed E-state index contributed by atoms with van der Waals surface area (Å²) in [5, 5.41) is 31.7. The zero-order valence-corrected chi connectivity index (χ0v) is 73.5. The van der Waals surface area contributed by atoms with Crippen LogP contribution in [0.3, 0.4) is 0 Å². The second kappa shape index (κ2) is 27.6. The minimum Gasteiger partial charge on any atom is -0.309 e. The largest absolute Gasteiger partial charge is 0.309 e. The van der Waals surface area contributed by atoms with Crippen LogP contribution >= 0.6 is 34.0 Å². The Bertz CT molecular complexity index is 10100. The van der Waals surface area contributed by atoms with Crippen molar-refractivity contribution in [2.24, 2.45) is 0 Å². The SMILES string of the molecule is c1cc(-c2ccc3c4c(cccc24)-c2ccccc2-3)cc(-n2c3cc4sc5ccccc5c4cc3c3c4ccccc4ccc32)c1.c1ccc2c(c1)-c1cccc3c(-c4ccc(-n5c6cc7sc8ccccc8c7cc6c6c7ccccc7ccc65)cc4)ccc-2c13.c1ccc2c(c1)-c1cccc3c(-n4c5cc6sc7ccccc7c6cc5c5c6ccccc6ccc54)ccc-2c13. The van der Waals surface area contributed by atoms with E-state index in [4.69, 9.17) is 0 Å². The van der Waals surface area contributed by atoms with Gasteiger partial charge in [0.15, 0.2) is 0 Å². The van der Waals surface area contributed by atoms with Crippen LogP contribution in [0.15, 0.2) is 431 Å². The normalized spacial score (nSPS) is 12.4. The summed E-state index contributed by atoms with van der Waals surface area (Å²) in [6.07, 6.45) is 0. The minimum atomic E-state index is 1.18. The fraction of sp³-hybridized carbons (Fsp3) is 0. The molecule has 0 N–H and O–H groups in total. The first-order valence-corrected chi connectivity index (χ1v) is 47.9. The van der Waals surface area contributed by atoms with Crippen LogP contribution in [0.4, 0.5) is 0 Å². The molecule has 3 nitrogen and oxygen atoms in total. The van der Waals surface area contributed by atoms with E-state index in [-0.39, 0.29) is 0 Å². The van der Waals surface area contributed by atoms with Gasteiger partial charge >= 0.3 is 0 Å². The van der Waals surface area contributed by atoms with Crippen LogP contribution in [-0.2, 0) is 0 Å². The van der Waals surface area contributed by atoms with E-state index >= 15 is 0 Å². The van der Waals surface area contributed by atoms with E-state index in [1.807, 2.05) is 34.0 Å². The van der Waals surface area contributed by atoms with Gasteiger partial charge in [-0.2, -0.15) is 0 Å². The van der Waals surface area contributed by atoms with Crippen LogP contribution in [0, 0.1) is 0 Å². The zero-order chi connectivity index (χ0) is 85.8. The van der Waals surface area contributed by atoms with E-state index in [1.165, 1.54) is 297 Å². The van der Waals surface area contributed by atoms with Gasteiger partial charge in [0.05, 0.1) is 38.8 Å². The van der Waals surface area contributed by atoms with E-state index in [1.54, 1.807) is 0 Å². The predicted octanol–water partition coefficient (Wildman–Crippen LogP) is 36.7. The fourth-order valence-corrected chi connectivity index (χ4v) is 26.9. The predicted molar refractivity (Wildman–Crippen MR) is 570 cm³/mol. The lowest BCUT2D eigenvalue weighted by Gasteiger charge is -2.13. The standard InChI is InChI=1S/2C44H25NS.C38H21NS/c1-2-12-30-26(9-1)19-22-39-44(30)38-24-37-33-15-5-6-18-41(33)46-42(37)25-40(38)45(39)28-11-7-10-27(23-28)29-20-21-36-32-14-4-3-13-31(32)35-17-8-16-34(29)43(35)36;1-2-9-30-26(8-1)18-23-39-44(30)38-24-37-33-12-5-6-15-41(33)46-42(37)25-40(38)45(39)28-19-16-27(17-20-28)29-21-22-36-32-11-4-3-10-31(32)35-14-7-13-34(29)43(35)36;1-2-9-23-22(8-1)16-18-33-38(23)31-20-30-26-12-5-6-15-35(26)40-36(30)21-34(31)39(33)32-19-17-28-25-11-4-3-10-24(25)27-13-7-14-29(32)37(27)28/h2*1-25H;1-21H. The maximum Gasteiger partial charge on any atom is 0.0556 e. The quantitative estimate of drug-likeness (QED) is 0.163. The summed E-state index contributed by atoms with van der Waals surface area (Å²) in [4.78, 5) is 0. The van der Waals surface area contributed by atoms with E-state index in [9.17, 15) is 0 Å². The molecule has 6 heterocycles. The van der Waals surface area contributed by atoms with Crippen LogP contribution in [0.25, 0.3) is 297 Å². The van der Waals surface area contributed by atoms with E-state index in [0.717, 1.165) is 0 Å². The molecule has 23 aromatic carbocycles. The molecule has 6 heteroatoms. The van der Waals surface area contributed by atoms with Gasteiger partial charge in [-0.1, -0.05) is 328 Å². The molecule has 32 rings (SSSR count). The van der Waals surface area contributed by atoms with Crippen LogP contribution in [0.2, 0.25) is 0 Å². The molecule has 0 atom stereocenters. The Kier molecular flexibility index (Phi) is 15.2. The highest BCUT2D eigenvalue weighted by atomic mass is 32.1. The molecule has 6 aromatic heterocycles. The number of rotatable bonds is 5. The Labute approximate surface area is 768 Å². The highest BCUT2D eigenvalue weighted by molar-refractivity contribution is 7.26.